The topological polar surface area (TPSA) is 20.3 Å². The highest BCUT2D eigenvalue weighted by molar-refractivity contribution is 5.85. The molecule has 0 spiro atoms. The fraction of sp³-hybridized carbons (Fsp3) is 0.0769. The van der Waals surface area contributed by atoms with Crippen LogP contribution in [-0.2, 0) is 11.3 Å². The third-order valence-corrected chi connectivity index (χ3v) is 2.24. The fourth-order valence-corrected chi connectivity index (χ4v) is 1.49. The Bertz CT molecular complexity index is 450. The molecule has 0 saturated carbocycles. The van der Waals surface area contributed by atoms with E-state index in [-0.39, 0.29) is 20.8 Å². The van der Waals surface area contributed by atoms with Crippen molar-refractivity contribution in [2.24, 2.45) is 0 Å². The first-order valence-corrected chi connectivity index (χ1v) is 4.81. The average Bonchev–Trinajstić information content (AvgIpc) is 2.31. The van der Waals surface area contributed by atoms with Crippen molar-refractivity contribution in [2.75, 3.05) is 0 Å². The van der Waals surface area contributed by atoms with Crippen LogP contribution in [0.2, 0.25) is 0 Å². The van der Waals surface area contributed by atoms with Gasteiger partial charge in [-0.15, -0.1) is 12.4 Å². The molecule has 1 heterocycles. The minimum absolute atomic E-state index is 0. The van der Waals surface area contributed by atoms with Gasteiger partial charge in [0, 0.05) is 21.2 Å². The summed E-state index contributed by atoms with van der Waals surface area (Å²) in [7, 11) is 0. The highest BCUT2D eigenvalue weighted by Gasteiger charge is 2.07. The Labute approximate surface area is 109 Å². The van der Waals surface area contributed by atoms with Crippen LogP contribution in [0.4, 0.5) is 0 Å². The van der Waals surface area contributed by atoms with Crippen LogP contribution < -0.4 is 0 Å². The van der Waals surface area contributed by atoms with Gasteiger partial charge in [-0.3, -0.25) is 0 Å². The van der Waals surface area contributed by atoms with E-state index in [1.54, 1.807) is 6.08 Å². The predicted octanol–water partition coefficient (Wildman–Crippen LogP) is 2.33. The maximum atomic E-state index is 10.7. The number of nitrogens with zero attached hydrogens (tertiary/aromatic N) is 1. The first kappa shape index (κ1) is 15.3. The number of hydrogen-bond acceptors (Lipinski definition) is 2. The van der Waals surface area contributed by atoms with E-state index >= 15 is 0 Å². The van der Waals surface area contributed by atoms with Crippen LogP contribution in [0.3, 0.4) is 0 Å². The number of rotatable bonds is 2. The summed E-state index contributed by atoms with van der Waals surface area (Å²) >= 11 is 0. The Morgan fingerprint density at radius 1 is 1.12 bits per heavy atom. The van der Waals surface area contributed by atoms with Crippen LogP contribution in [-0.4, -0.2) is 19.3 Å². The number of allylic oxidation sites excluding steroid dienone is 3. The lowest BCUT2D eigenvalue weighted by molar-refractivity contribution is 0.467. The molecule has 0 aromatic heterocycles. The average molecular weight is 245 g/mol. The Balaban J connectivity index is 0.00000128. The van der Waals surface area contributed by atoms with Gasteiger partial charge in [0.2, 0.25) is 0 Å². The number of benzene rings is 1. The van der Waals surface area contributed by atoms with E-state index in [2.05, 4.69) is 0 Å². The molecular weight excluding hydrogens is 232 g/mol. The largest absolute Gasteiger partial charge is 0.335 e. The zero-order chi connectivity index (χ0) is 10.5. The fourth-order valence-electron chi connectivity index (χ4n) is 1.49. The summed E-state index contributed by atoms with van der Waals surface area (Å²) in [6.45, 7) is 0.701. The van der Waals surface area contributed by atoms with Crippen LogP contribution in [0, 0.1) is 0 Å². The Hall–Kier alpha value is -1.70. The third-order valence-electron chi connectivity index (χ3n) is 2.24. The molecule has 2 nitrogen and oxygen atoms in total. The summed E-state index contributed by atoms with van der Waals surface area (Å²) in [6.07, 6.45) is 7.38. The molecule has 0 bridgehead atoms. The van der Waals surface area contributed by atoms with Gasteiger partial charge in [0.1, 0.15) is 5.70 Å². The van der Waals surface area contributed by atoms with E-state index in [9.17, 15) is 4.79 Å². The van der Waals surface area contributed by atoms with Crippen LogP contribution >= 0.6 is 12.4 Å². The summed E-state index contributed by atoms with van der Waals surface area (Å²) in [5.74, 6) is 1.93. The van der Waals surface area contributed by atoms with Crippen LogP contribution in [0.25, 0.3) is 0 Å². The maximum Gasteiger partial charge on any atom is 0.150 e. The molecular formula is C13H12BClNO. The second-order valence-electron chi connectivity index (χ2n) is 3.30. The van der Waals surface area contributed by atoms with Crippen molar-refractivity contribution in [3.63, 3.8) is 0 Å². The summed E-state index contributed by atoms with van der Waals surface area (Å²) in [4.78, 5) is 12.5. The molecule has 1 aliphatic rings. The zero-order valence-electron chi connectivity index (χ0n) is 9.24. The van der Waals surface area contributed by atoms with Crippen LogP contribution in [0.5, 0.6) is 0 Å². The molecule has 0 saturated heterocycles. The molecule has 17 heavy (non-hydrogen) atoms. The van der Waals surface area contributed by atoms with E-state index in [0.29, 0.717) is 12.2 Å². The van der Waals surface area contributed by atoms with Crippen molar-refractivity contribution in [2.45, 2.75) is 6.54 Å². The van der Waals surface area contributed by atoms with Gasteiger partial charge in [-0.25, -0.2) is 4.79 Å². The SMILES string of the molecule is Cl.O=C=C1C=CC=CN1Cc1ccccc1.[B]. The van der Waals surface area contributed by atoms with E-state index < -0.39 is 0 Å². The Kier molecular flexibility index (Phi) is 6.80. The summed E-state index contributed by atoms with van der Waals surface area (Å²) in [5, 5.41) is 0. The number of carbonyl (C=O) groups excluding carboxylic acids is 1. The van der Waals surface area contributed by atoms with Gasteiger partial charge in [0.15, 0.2) is 5.94 Å². The lowest BCUT2D eigenvalue weighted by Gasteiger charge is -2.20. The Morgan fingerprint density at radius 2 is 1.82 bits per heavy atom. The van der Waals surface area contributed by atoms with E-state index in [0.717, 1.165) is 0 Å². The van der Waals surface area contributed by atoms with Crippen molar-refractivity contribution in [1.82, 2.24) is 4.90 Å². The van der Waals surface area contributed by atoms with Crippen molar-refractivity contribution < 1.29 is 4.79 Å². The molecule has 1 aromatic carbocycles. The normalized spacial score (nSPS) is 12.5. The van der Waals surface area contributed by atoms with Crippen LogP contribution in [0.1, 0.15) is 5.56 Å². The number of halogens is 1. The highest BCUT2D eigenvalue weighted by atomic mass is 35.5. The lowest BCUT2D eigenvalue weighted by atomic mass is 10.2. The molecule has 4 heteroatoms. The van der Waals surface area contributed by atoms with E-state index in [4.69, 9.17) is 0 Å². The first-order chi connectivity index (χ1) is 7.40. The molecule has 2 rings (SSSR count). The van der Waals surface area contributed by atoms with Crippen molar-refractivity contribution in [1.29, 1.82) is 0 Å². The zero-order valence-corrected chi connectivity index (χ0v) is 10.1. The third kappa shape index (κ3) is 3.99. The molecule has 0 amide bonds. The summed E-state index contributed by atoms with van der Waals surface area (Å²) in [5.41, 5.74) is 1.74. The Morgan fingerprint density at radius 3 is 2.47 bits per heavy atom. The molecule has 1 aliphatic heterocycles. The van der Waals surface area contributed by atoms with Gasteiger partial charge < -0.3 is 4.90 Å². The summed E-state index contributed by atoms with van der Waals surface area (Å²) < 4.78 is 0. The molecule has 1 aromatic rings. The minimum Gasteiger partial charge on any atom is -0.335 e. The van der Waals surface area contributed by atoms with Gasteiger partial charge >= 0.3 is 0 Å². The summed E-state index contributed by atoms with van der Waals surface area (Å²) in [6, 6.07) is 10.0. The van der Waals surface area contributed by atoms with Gasteiger partial charge in [-0.2, -0.15) is 0 Å². The quantitative estimate of drug-likeness (QED) is 0.588. The second kappa shape index (κ2) is 7.56. The predicted molar refractivity (Wildman–Crippen MR) is 72.5 cm³/mol. The second-order valence-corrected chi connectivity index (χ2v) is 3.30. The molecule has 0 unspecified atom stereocenters. The van der Waals surface area contributed by atoms with Crippen molar-refractivity contribution in [3.8, 4) is 0 Å². The van der Waals surface area contributed by atoms with Gasteiger partial charge in [-0.1, -0.05) is 36.4 Å². The van der Waals surface area contributed by atoms with Crippen LogP contribution in [0.15, 0.2) is 60.5 Å². The standard InChI is InChI=1S/C13H11NO.B.ClH/c15-11-13-8-4-5-9-14(13)10-12-6-2-1-3-7-12;;/h1-9H,10H2;;1H. The molecule has 3 radical (unpaired) electrons. The van der Waals surface area contributed by atoms with Crippen molar-refractivity contribution >= 4 is 26.8 Å². The molecule has 0 atom stereocenters. The van der Waals surface area contributed by atoms with Gasteiger partial charge in [0.05, 0.1) is 0 Å². The van der Waals surface area contributed by atoms with Crippen molar-refractivity contribution in [3.05, 3.63) is 66.0 Å². The molecule has 0 fully saturated rings. The number of hydrogen-bond donors (Lipinski definition) is 0. The monoisotopic (exact) mass is 244 g/mol. The highest BCUT2D eigenvalue weighted by Crippen LogP contribution is 2.13. The first-order valence-electron chi connectivity index (χ1n) is 4.81. The van der Waals surface area contributed by atoms with E-state index in [1.807, 2.05) is 59.5 Å². The molecule has 0 aliphatic carbocycles. The minimum atomic E-state index is 0. The van der Waals surface area contributed by atoms with Gasteiger partial charge in [-0.05, 0) is 17.7 Å². The lowest BCUT2D eigenvalue weighted by Crippen LogP contribution is -2.16. The van der Waals surface area contributed by atoms with E-state index in [1.165, 1.54) is 5.56 Å². The van der Waals surface area contributed by atoms with Gasteiger partial charge in [0.25, 0.3) is 0 Å². The molecule has 85 valence electrons. The smallest absolute Gasteiger partial charge is 0.150 e. The maximum absolute atomic E-state index is 10.7. The molecule has 0 N–H and O–H groups in total.